The van der Waals surface area contributed by atoms with E-state index in [1.165, 1.54) is 5.56 Å². The number of carbonyl (C=O) groups is 1. The largest absolute Gasteiger partial charge is 0.368 e. The van der Waals surface area contributed by atoms with Gasteiger partial charge in [0.15, 0.2) is 0 Å². The molecular weight excluding hydrogens is 340 g/mol. The number of hydrogen-bond acceptors (Lipinski definition) is 6. The van der Waals surface area contributed by atoms with E-state index in [4.69, 9.17) is 5.73 Å². The van der Waals surface area contributed by atoms with Crippen molar-refractivity contribution in [2.24, 2.45) is 0 Å². The Hall–Kier alpha value is -2.54. The smallest absolute Gasteiger partial charge is 0.272 e. The second-order valence-corrected chi connectivity index (χ2v) is 7.35. The number of fused-ring (bicyclic) bond motifs is 1. The minimum atomic E-state index is 0.00507. The van der Waals surface area contributed by atoms with Gasteiger partial charge in [-0.3, -0.25) is 14.7 Å². The van der Waals surface area contributed by atoms with Gasteiger partial charge < -0.3 is 10.6 Å². The zero-order chi connectivity index (χ0) is 18.6. The number of nitrogen functional groups attached to an aromatic ring is 1. The average Bonchev–Trinajstić information content (AvgIpc) is 2.93. The first-order chi connectivity index (χ1) is 13.2. The molecule has 3 heterocycles. The summed E-state index contributed by atoms with van der Waals surface area (Å²) in [6.45, 7) is 4.15. The SMILES string of the molecule is Nc1nc2c(c(C(=O)N3CCCN(Cc4cccnc4)CC3)n1)CCCC2. The Morgan fingerprint density at radius 2 is 1.96 bits per heavy atom. The topological polar surface area (TPSA) is 88.2 Å². The normalized spacial score (nSPS) is 18.0. The third kappa shape index (κ3) is 4.08. The van der Waals surface area contributed by atoms with Gasteiger partial charge in [0.2, 0.25) is 5.95 Å². The van der Waals surface area contributed by atoms with Gasteiger partial charge in [0, 0.05) is 56.4 Å². The number of rotatable bonds is 3. The predicted molar refractivity (Wildman–Crippen MR) is 103 cm³/mol. The summed E-state index contributed by atoms with van der Waals surface area (Å²) < 4.78 is 0. The molecule has 0 spiro atoms. The molecule has 2 aromatic rings. The highest BCUT2D eigenvalue weighted by Gasteiger charge is 2.27. The molecule has 2 N–H and O–H groups in total. The standard InChI is InChI=1S/C20H26N6O/c21-20-23-17-7-2-1-6-16(17)18(24-20)19(27)26-10-4-9-25(11-12-26)14-15-5-3-8-22-13-15/h3,5,8,13H,1-2,4,6-7,9-12,14H2,(H2,21,23,24). The Bertz CT molecular complexity index is 810. The molecule has 1 amide bonds. The van der Waals surface area contributed by atoms with Crippen molar-refractivity contribution in [3.8, 4) is 0 Å². The number of amides is 1. The number of nitrogens with zero attached hydrogens (tertiary/aromatic N) is 5. The van der Waals surface area contributed by atoms with Gasteiger partial charge in [-0.2, -0.15) is 0 Å². The van der Waals surface area contributed by atoms with Gasteiger partial charge in [-0.1, -0.05) is 6.07 Å². The summed E-state index contributed by atoms with van der Waals surface area (Å²) in [6, 6.07) is 4.06. The molecule has 142 valence electrons. The highest BCUT2D eigenvalue weighted by atomic mass is 16.2. The molecule has 0 radical (unpaired) electrons. The van der Waals surface area contributed by atoms with Crippen LogP contribution in [0.5, 0.6) is 0 Å². The lowest BCUT2D eigenvalue weighted by molar-refractivity contribution is 0.0753. The van der Waals surface area contributed by atoms with Crippen LogP contribution in [0, 0.1) is 0 Å². The van der Waals surface area contributed by atoms with Gasteiger partial charge >= 0.3 is 0 Å². The van der Waals surface area contributed by atoms with Crippen LogP contribution in [0.1, 0.15) is 46.6 Å². The first-order valence-corrected chi connectivity index (χ1v) is 9.76. The number of nitrogens with two attached hydrogens (primary N) is 1. The third-order valence-electron chi connectivity index (χ3n) is 5.41. The summed E-state index contributed by atoms with van der Waals surface area (Å²) >= 11 is 0. The van der Waals surface area contributed by atoms with Crippen molar-refractivity contribution in [3.63, 3.8) is 0 Å². The van der Waals surface area contributed by atoms with Crippen LogP contribution in [0.3, 0.4) is 0 Å². The summed E-state index contributed by atoms with van der Waals surface area (Å²) in [5.41, 5.74) is 9.59. The van der Waals surface area contributed by atoms with Gasteiger partial charge in [0.05, 0.1) is 0 Å². The Kier molecular flexibility index (Phi) is 5.29. The number of aromatic nitrogens is 3. The van der Waals surface area contributed by atoms with E-state index >= 15 is 0 Å². The monoisotopic (exact) mass is 366 g/mol. The van der Waals surface area contributed by atoms with Crippen molar-refractivity contribution >= 4 is 11.9 Å². The Morgan fingerprint density at radius 1 is 1.07 bits per heavy atom. The highest BCUT2D eigenvalue weighted by molar-refractivity contribution is 5.94. The first-order valence-electron chi connectivity index (χ1n) is 9.76. The number of anilines is 1. The molecule has 0 bridgehead atoms. The molecule has 1 fully saturated rings. The fourth-order valence-electron chi connectivity index (χ4n) is 4.02. The lowest BCUT2D eigenvalue weighted by Crippen LogP contribution is -2.36. The molecule has 0 unspecified atom stereocenters. The van der Waals surface area contributed by atoms with Gasteiger partial charge in [-0.25, -0.2) is 9.97 Å². The van der Waals surface area contributed by atoms with Gasteiger partial charge in [0.1, 0.15) is 5.69 Å². The maximum atomic E-state index is 13.2. The van der Waals surface area contributed by atoms with Crippen LogP contribution in [0.25, 0.3) is 0 Å². The maximum Gasteiger partial charge on any atom is 0.272 e. The Morgan fingerprint density at radius 3 is 2.81 bits per heavy atom. The van der Waals surface area contributed by atoms with Crippen LogP contribution in [-0.4, -0.2) is 56.8 Å². The molecule has 7 nitrogen and oxygen atoms in total. The van der Waals surface area contributed by atoms with E-state index < -0.39 is 0 Å². The van der Waals surface area contributed by atoms with Gasteiger partial charge in [-0.15, -0.1) is 0 Å². The maximum absolute atomic E-state index is 13.2. The van der Waals surface area contributed by atoms with Crippen LogP contribution >= 0.6 is 0 Å². The van der Waals surface area contributed by atoms with Crippen LogP contribution in [0.15, 0.2) is 24.5 Å². The zero-order valence-corrected chi connectivity index (χ0v) is 15.6. The Balaban J connectivity index is 1.46. The molecule has 4 rings (SSSR count). The molecule has 7 heteroatoms. The summed E-state index contributed by atoms with van der Waals surface area (Å²) in [5.74, 6) is 0.220. The van der Waals surface area contributed by atoms with E-state index in [9.17, 15) is 4.79 Å². The molecule has 2 aromatic heterocycles. The fraction of sp³-hybridized carbons (Fsp3) is 0.500. The van der Waals surface area contributed by atoms with E-state index in [-0.39, 0.29) is 11.9 Å². The average molecular weight is 366 g/mol. The van der Waals surface area contributed by atoms with E-state index in [2.05, 4.69) is 25.9 Å². The summed E-state index contributed by atoms with van der Waals surface area (Å²) in [4.78, 5) is 30.4. The van der Waals surface area contributed by atoms with Crippen LogP contribution in [0.4, 0.5) is 5.95 Å². The van der Waals surface area contributed by atoms with Crippen LogP contribution < -0.4 is 5.73 Å². The van der Waals surface area contributed by atoms with Crippen molar-refractivity contribution in [1.29, 1.82) is 0 Å². The van der Waals surface area contributed by atoms with Crippen molar-refractivity contribution in [1.82, 2.24) is 24.8 Å². The molecular formula is C20H26N6O. The van der Waals surface area contributed by atoms with Crippen molar-refractivity contribution in [3.05, 3.63) is 47.0 Å². The number of aryl methyl sites for hydroxylation is 1. The van der Waals surface area contributed by atoms with Gasteiger partial charge in [-0.05, 0) is 43.7 Å². The second-order valence-electron chi connectivity index (χ2n) is 7.35. The highest BCUT2D eigenvalue weighted by Crippen LogP contribution is 2.24. The molecule has 0 aromatic carbocycles. The molecule has 1 saturated heterocycles. The molecule has 1 aliphatic heterocycles. The van der Waals surface area contributed by atoms with Crippen molar-refractivity contribution in [2.45, 2.75) is 38.6 Å². The summed E-state index contributed by atoms with van der Waals surface area (Å²) in [7, 11) is 0. The molecule has 27 heavy (non-hydrogen) atoms. The van der Waals surface area contributed by atoms with Crippen molar-refractivity contribution in [2.75, 3.05) is 31.9 Å². The number of pyridine rings is 1. The lowest BCUT2D eigenvalue weighted by atomic mass is 9.94. The van der Waals surface area contributed by atoms with E-state index in [1.807, 2.05) is 17.2 Å². The number of hydrogen-bond donors (Lipinski definition) is 1. The lowest BCUT2D eigenvalue weighted by Gasteiger charge is -2.24. The quantitative estimate of drug-likeness (QED) is 0.889. The van der Waals surface area contributed by atoms with E-state index in [0.717, 1.165) is 69.5 Å². The van der Waals surface area contributed by atoms with E-state index in [0.29, 0.717) is 12.2 Å². The molecule has 0 atom stereocenters. The summed E-state index contributed by atoms with van der Waals surface area (Å²) in [6.07, 6.45) is 8.60. The van der Waals surface area contributed by atoms with Gasteiger partial charge in [0.25, 0.3) is 5.91 Å². The fourth-order valence-corrected chi connectivity index (χ4v) is 4.02. The van der Waals surface area contributed by atoms with Crippen molar-refractivity contribution < 1.29 is 4.79 Å². The zero-order valence-electron chi connectivity index (χ0n) is 15.6. The van der Waals surface area contributed by atoms with Crippen LogP contribution in [0.2, 0.25) is 0 Å². The minimum Gasteiger partial charge on any atom is -0.368 e. The first kappa shape index (κ1) is 17.9. The Labute approximate surface area is 159 Å². The number of carbonyl (C=O) groups excluding carboxylic acids is 1. The van der Waals surface area contributed by atoms with E-state index in [1.54, 1.807) is 6.20 Å². The predicted octanol–water partition coefficient (Wildman–Crippen LogP) is 1.68. The molecule has 1 aliphatic carbocycles. The summed E-state index contributed by atoms with van der Waals surface area (Å²) in [5, 5.41) is 0. The third-order valence-corrected chi connectivity index (χ3v) is 5.41. The molecule has 0 saturated carbocycles. The minimum absolute atomic E-state index is 0.00507. The van der Waals surface area contributed by atoms with Crippen LogP contribution in [-0.2, 0) is 19.4 Å². The second kappa shape index (κ2) is 8.00. The molecule has 2 aliphatic rings.